The number of hydrogen-bond acceptors (Lipinski definition) is 16. The number of anilines is 1. The lowest BCUT2D eigenvalue weighted by molar-refractivity contribution is -0.161. The van der Waals surface area contributed by atoms with Gasteiger partial charge in [-0.2, -0.15) is 5.10 Å². The number of nitrogen functional groups attached to an aromatic ring is 1. The molecule has 3 atom stereocenters. The van der Waals surface area contributed by atoms with Crippen molar-refractivity contribution in [3.05, 3.63) is 33.8 Å². The van der Waals surface area contributed by atoms with E-state index in [9.17, 15) is 54.0 Å². The first-order valence-corrected chi connectivity index (χ1v) is 16.9. The van der Waals surface area contributed by atoms with Crippen molar-refractivity contribution in [3.63, 3.8) is 0 Å². The standard InChI is InChI=1S/C27H28ClN11O12S2/c1-26(2,21(45)46)51-36-14(10-7-52-24(30)31-10)17(42)32-15-19(44)37-8-27(22(47)48,53-20(15)37)38-5-6-39(25(38)50)35-18(43)13(33-34-23(29)49)9-3-4-11(40)16(41)12(9)28/h3-4,7,15,20,40-41H,5-6,8H2,1-2H3,(H2,30,31)(H,32,42)(H,35,43)(H,45,46)(H,47,48)(H3,29,34,49)/b33-13-,36-14-/t15?,20-,27-/m1/s1. The highest BCUT2D eigenvalue weighted by atomic mass is 35.5. The number of carboxylic acid groups (broad SMARTS) is 2. The number of rotatable bonds is 12. The van der Waals surface area contributed by atoms with Gasteiger partial charge in [0.05, 0.1) is 18.1 Å². The van der Waals surface area contributed by atoms with E-state index >= 15 is 0 Å². The summed E-state index contributed by atoms with van der Waals surface area (Å²) in [6, 6.07) is -1.51. The summed E-state index contributed by atoms with van der Waals surface area (Å²) in [4.78, 5) is 98.2. The summed E-state index contributed by atoms with van der Waals surface area (Å²) in [5, 5.41) is 49.8. The fraction of sp³-hybridized carbons (Fsp3) is 0.333. The van der Waals surface area contributed by atoms with Crippen molar-refractivity contribution in [2.45, 2.75) is 35.7 Å². The number of β-lactam (4-membered cyclic amide) rings is 1. The lowest BCUT2D eigenvalue weighted by Gasteiger charge is -2.41. The van der Waals surface area contributed by atoms with Crippen molar-refractivity contribution in [2.75, 3.05) is 25.4 Å². The number of carbonyl (C=O) groups is 7. The Labute approximate surface area is 309 Å². The highest BCUT2D eigenvalue weighted by Gasteiger charge is 2.66. The number of aromatic nitrogens is 1. The third-order valence-electron chi connectivity index (χ3n) is 7.85. The molecule has 0 bridgehead atoms. The minimum atomic E-state index is -2.11. The van der Waals surface area contributed by atoms with Crippen LogP contribution in [-0.2, 0) is 28.8 Å². The van der Waals surface area contributed by atoms with E-state index in [1.54, 1.807) is 0 Å². The number of aromatic hydroxyl groups is 2. The Hall–Kier alpha value is -6.08. The zero-order valence-corrected chi connectivity index (χ0v) is 29.5. The van der Waals surface area contributed by atoms with Crippen LogP contribution in [0.2, 0.25) is 5.02 Å². The number of phenolic OH excluding ortho intramolecular Hbond substituents is 2. The van der Waals surface area contributed by atoms with Crippen LogP contribution in [0.15, 0.2) is 27.8 Å². The van der Waals surface area contributed by atoms with Gasteiger partial charge in [-0.15, -0.1) is 11.3 Å². The number of hydrazine groups is 1. The molecule has 2 aromatic rings. The fourth-order valence-electron chi connectivity index (χ4n) is 5.05. The number of aliphatic carboxylic acids is 2. The maximum Gasteiger partial charge on any atom is 0.350 e. The van der Waals surface area contributed by atoms with Crippen LogP contribution in [0.4, 0.5) is 14.7 Å². The van der Waals surface area contributed by atoms with Crippen LogP contribution in [0.5, 0.6) is 11.5 Å². The molecular weight excluding hydrogens is 770 g/mol. The fourth-order valence-corrected chi connectivity index (χ4v) is 7.48. The molecule has 26 heteroatoms. The molecule has 0 aliphatic carbocycles. The monoisotopic (exact) mass is 797 g/mol. The van der Waals surface area contributed by atoms with E-state index in [1.807, 2.05) is 5.43 Å². The summed E-state index contributed by atoms with van der Waals surface area (Å²) >= 11 is 7.67. The maximum atomic E-state index is 13.6. The second-order valence-corrected chi connectivity index (χ2v) is 14.4. The van der Waals surface area contributed by atoms with Gasteiger partial charge in [0.25, 0.3) is 11.8 Å². The average Bonchev–Trinajstić information content (AvgIpc) is 3.79. The highest BCUT2D eigenvalue weighted by molar-refractivity contribution is 8.02. The quantitative estimate of drug-likeness (QED) is 0.0505. The number of nitrogens with two attached hydrogens (primary N) is 2. The van der Waals surface area contributed by atoms with Gasteiger partial charge in [-0.05, 0) is 26.0 Å². The highest BCUT2D eigenvalue weighted by Crippen LogP contribution is 2.49. The summed E-state index contributed by atoms with van der Waals surface area (Å²) in [5.74, 6) is -7.32. The number of primary amides is 1. The minimum Gasteiger partial charge on any atom is -0.504 e. The number of phenols is 2. The molecule has 0 saturated carbocycles. The Morgan fingerprint density at radius 3 is 2.42 bits per heavy atom. The van der Waals surface area contributed by atoms with E-state index in [-0.39, 0.29) is 29.5 Å². The summed E-state index contributed by atoms with van der Waals surface area (Å²) in [5.41, 5.74) is 11.3. The van der Waals surface area contributed by atoms with E-state index in [2.05, 4.69) is 26.0 Å². The van der Waals surface area contributed by atoms with Crippen LogP contribution in [0.3, 0.4) is 0 Å². The minimum absolute atomic E-state index is 0.0382. The van der Waals surface area contributed by atoms with Gasteiger partial charge in [-0.1, -0.05) is 28.5 Å². The van der Waals surface area contributed by atoms with Crippen molar-refractivity contribution in [1.82, 2.24) is 36.0 Å². The molecule has 1 aromatic heterocycles. The molecule has 3 fully saturated rings. The zero-order valence-electron chi connectivity index (χ0n) is 27.1. The molecular formula is C27H28ClN11O12S2. The molecule has 1 aromatic carbocycles. The third kappa shape index (κ3) is 7.07. The zero-order chi connectivity index (χ0) is 39.2. The number of carboxylic acids is 2. The SMILES string of the molecule is CC(C)(O/N=C(\C(=O)NC1C(=O)N2C[C@@](C(=O)O)(N3CCN(NC(=O)/C(=N\NC(N)=O)c4ccc(O)c(O)c4Cl)C3=O)S[C@H]12)c1csc(N)n1)C(=O)O. The average molecular weight is 798 g/mol. The van der Waals surface area contributed by atoms with Gasteiger partial charge in [0, 0.05) is 17.5 Å². The van der Waals surface area contributed by atoms with Gasteiger partial charge in [0.15, 0.2) is 28.1 Å². The predicted molar refractivity (Wildman–Crippen MR) is 182 cm³/mol. The molecule has 7 amide bonds. The number of amides is 7. The van der Waals surface area contributed by atoms with Gasteiger partial charge in [-0.25, -0.2) is 34.6 Å². The number of urea groups is 2. The lowest BCUT2D eigenvalue weighted by atomic mass is 10.1. The molecule has 1 unspecified atom stereocenters. The van der Waals surface area contributed by atoms with E-state index in [0.717, 1.165) is 38.3 Å². The van der Waals surface area contributed by atoms with Crippen molar-refractivity contribution >= 4 is 93.0 Å². The van der Waals surface area contributed by atoms with E-state index < -0.39 is 98.1 Å². The van der Waals surface area contributed by atoms with E-state index in [4.69, 9.17) is 27.9 Å². The van der Waals surface area contributed by atoms with E-state index in [1.165, 1.54) is 19.2 Å². The number of carbonyl (C=O) groups excluding carboxylic acids is 5. The summed E-state index contributed by atoms with van der Waals surface area (Å²) in [6.45, 7) is 1.26. The normalized spacial score (nSPS) is 21.5. The Morgan fingerprint density at radius 2 is 1.81 bits per heavy atom. The number of nitrogens with one attached hydrogen (secondary N) is 3. The molecule has 3 aliphatic heterocycles. The van der Waals surface area contributed by atoms with Gasteiger partial charge in [0.1, 0.15) is 17.1 Å². The van der Waals surface area contributed by atoms with Crippen LogP contribution < -0.4 is 27.6 Å². The second kappa shape index (κ2) is 14.2. The lowest BCUT2D eigenvalue weighted by Crippen LogP contribution is -2.68. The summed E-state index contributed by atoms with van der Waals surface area (Å²) in [7, 11) is 0. The number of nitrogens with zero attached hydrogens (tertiary/aromatic N) is 6. The number of thiazole rings is 1. The number of fused-ring (bicyclic) bond motifs is 1. The first-order valence-electron chi connectivity index (χ1n) is 14.8. The third-order valence-corrected chi connectivity index (χ3v) is 10.6. The molecule has 3 saturated heterocycles. The molecule has 282 valence electrons. The van der Waals surface area contributed by atoms with Crippen LogP contribution >= 0.6 is 34.7 Å². The summed E-state index contributed by atoms with van der Waals surface area (Å²) < 4.78 is 0. The number of benzene rings is 1. The Morgan fingerprint density at radius 1 is 1.11 bits per heavy atom. The number of thioether (sulfide) groups is 1. The number of halogens is 1. The molecule has 11 N–H and O–H groups in total. The molecule has 5 rings (SSSR count). The van der Waals surface area contributed by atoms with Crippen LogP contribution in [0.25, 0.3) is 0 Å². The largest absolute Gasteiger partial charge is 0.504 e. The van der Waals surface area contributed by atoms with Gasteiger partial charge < -0.3 is 46.9 Å². The molecule has 53 heavy (non-hydrogen) atoms. The van der Waals surface area contributed by atoms with E-state index in [0.29, 0.717) is 11.8 Å². The molecule has 0 spiro atoms. The number of hydrazone groups is 1. The first-order chi connectivity index (χ1) is 24.8. The molecule has 23 nitrogen and oxygen atoms in total. The van der Waals surface area contributed by atoms with Gasteiger partial charge in [0.2, 0.25) is 16.4 Å². The molecule has 4 heterocycles. The number of oxime groups is 1. The molecule has 3 aliphatic rings. The second-order valence-electron chi connectivity index (χ2n) is 11.7. The first kappa shape index (κ1) is 38.2. The van der Waals surface area contributed by atoms with Gasteiger partial charge in [-0.3, -0.25) is 24.7 Å². The maximum absolute atomic E-state index is 13.6. The molecule has 0 radical (unpaired) electrons. The Balaban J connectivity index is 1.33. The van der Waals surface area contributed by atoms with Crippen molar-refractivity contribution in [3.8, 4) is 11.5 Å². The van der Waals surface area contributed by atoms with Crippen molar-refractivity contribution < 1.29 is 58.8 Å². The van der Waals surface area contributed by atoms with Crippen LogP contribution in [-0.4, -0.2) is 135 Å². The van der Waals surface area contributed by atoms with Crippen LogP contribution in [0, 0.1) is 0 Å². The smallest absolute Gasteiger partial charge is 0.350 e. The van der Waals surface area contributed by atoms with Crippen LogP contribution in [0.1, 0.15) is 25.1 Å². The summed E-state index contributed by atoms with van der Waals surface area (Å²) in [6.07, 6.45) is 0. The Kier molecular flexibility index (Phi) is 10.2. The Bertz CT molecular complexity index is 2010. The number of hydrogen-bond donors (Lipinski definition) is 9. The topological polar surface area (TPSA) is 345 Å². The predicted octanol–water partition coefficient (Wildman–Crippen LogP) is -1.60. The van der Waals surface area contributed by atoms with Crippen molar-refractivity contribution in [1.29, 1.82) is 0 Å². The van der Waals surface area contributed by atoms with Gasteiger partial charge >= 0.3 is 24.0 Å². The van der Waals surface area contributed by atoms with Crippen molar-refractivity contribution in [2.24, 2.45) is 16.0 Å².